The van der Waals surface area contributed by atoms with Crippen LogP contribution in [-0.4, -0.2) is 27.6 Å². The Balaban J connectivity index is 1.59. The van der Waals surface area contributed by atoms with Crippen LogP contribution >= 0.6 is 35.3 Å². The van der Waals surface area contributed by atoms with Crippen LogP contribution in [0.1, 0.15) is 16.9 Å². The molecule has 0 atom stereocenters. The summed E-state index contributed by atoms with van der Waals surface area (Å²) in [5, 5.41) is 4.83. The van der Waals surface area contributed by atoms with E-state index in [-0.39, 0.29) is 24.8 Å². The Morgan fingerprint density at radius 2 is 2.08 bits per heavy atom. The first-order chi connectivity index (χ1) is 12.0. The molecule has 7 heteroatoms. The van der Waals surface area contributed by atoms with E-state index in [9.17, 15) is 9.59 Å². The largest absolute Gasteiger partial charge is 0.326 e. The van der Waals surface area contributed by atoms with Gasteiger partial charge in [-0.3, -0.25) is 14.5 Å². The third-order valence-corrected chi connectivity index (χ3v) is 5.87. The van der Waals surface area contributed by atoms with Crippen LogP contribution in [0, 0.1) is 6.92 Å². The zero-order valence-electron chi connectivity index (χ0n) is 13.5. The van der Waals surface area contributed by atoms with Crippen molar-refractivity contribution < 1.29 is 9.59 Å². The van der Waals surface area contributed by atoms with Gasteiger partial charge in [-0.05, 0) is 36.1 Å². The quantitative estimate of drug-likeness (QED) is 0.613. The van der Waals surface area contributed by atoms with Crippen LogP contribution in [0.2, 0.25) is 0 Å². The molecule has 1 aliphatic heterocycles. The molecule has 1 aromatic heterocycles. The summed E-state index contributed by atoms with van der Waals surface area (Å²) < 4.78 is 0.497. The van der Waals surface area contributed by atoms with Crippen molar-refractivity contribution in [1.29, 1.82) is 0 Å². The average Bonchev–Trinajstić information content (AvgIpc) is 3.18. The number of amides is 2. The number of thiocarbonyl (C=S) groups is 1. The second-order valence-corrected chi connectivity index (χ2v) is 8.12. The summed E-state index contributed by atoms with van der Waals surface area (Å²) in [6, 6.07) is 11.5. The molecule has 4 nitrogen and oxygen atoms in total. The standard InChI is InChI=1S/C18H16N2O2S3/c1-12-5-2-3-7-14(12)19-16(21)8-9-20-17(22)15(25-18(20)23)11-13-6-4-10-24-13/h2-7,10-11H,8-9H2,1H3,(H,19,21). The van der Waals surface area contributed by atoms with Gasteiger partial charge in [0.05, 0.1) is 4.91 Å². The van der Waals surface area contributed by atoms with Crippen LogP contribution in [0.5, 0.6) is 0 Å². The molecule has 2 aromatic rings. The van der Waals surface area contributed by atoms with Crippen molar-refractivity contribution in [3.05, 3.63) is 57.1 Å². The van der Waals surface area contributed by atoms with Gasteiger partial charge in [0.2, 0.25) is 5.91 Å². The van der Waals surface area contributed by atoms with Crippen LogP contribution in [0.15, 0.2) is 46.7 Å². The minimum Gasteiger partial charge on any atom is -0.326 e. The molecular formula is C18H16N2O2S3. The summed E-state index contributed by atoms with van der Waals surface area (Å²) in [4.78, 5) is 27.8. The molecule has 1 aliphatic rings. The van der Waals surface area contributed by atoms with Crippen molar-refractivity contribution in [1.82, 2.24) is 4.90 Å². The van der Waals surface area contributed by atoms with Crippen LogP contribution in [0.3, 0.4) is 0 Å². The summed E-state index contributed by atoms with van der Waals surface area (Å²) in [6.45, 7) is 2.22. The van der Waals surface area contributed by atoms with E-state index in [1.165, 1.54) is 16.7 Å². The Bertz CT molecular complexity index is 844. The van der Waals surface area contributed by atoms with Crippen LogP contribution < -0.4 is 5.32 Å². The van der Waals surface area contributed by atoms with E-state index in [1.54, 1.807) is 11.3 Å². The topological polar surface area (TPSA) is 49.4 Å². The fourth-order valence-electron chi connectivity index (χ4n) is 2.33. The monoisotopic (exact) mass is 388 g/mol. The number of thioether (sulfide) groups is 1. The van der Waals surface area contributed by atoms with Gasteiger partial charge >= 0.3 is 0 Å². The fourth-order valence-corrected chi connectivity index (χ4v) is 4.37. The number of carbonyl (C=O) groups is 2. The van der Waals surface area contributed by atoms with Crippen molar-refractivity contribution in [3.8, 4) is 0 Å². The van der Waals surface area contributed by atoms with Gasteiger partial charge in [-0.15, -0.1) is 11.3 Å². The maximum absolute atomic E-state index is 12.5. The van der Waals surface area contributed by atoms with Crippen molar-refractivity contribution >= 4 is 63.2 Å². The van der Waals surface area contributed by atoms with Crippen LogP contribution in [0.4, 0.5) is 5.69 Å². The lowest BCUT2D eigenvalue weighted by Gasteiger charge is -2.14. The maximum atomic E-state index is 12.5. The Morgan fingerprint density at radius 1 is 1.28 bits per heavy atom. The Kier molecular flexibility index (Phi) is 5.67. The molecule has 0 radical (unpaired) electrons. The van der Waals surface area contributed by atoms with E-state index in [0.717, 1.165) is 16.1 Å². The summed E-state index contributed by atoms with van der Waals surface area (Å²) in [6.07, 6.45) is 2.05. The molecule has 0 saturated carbocycles. The minimum atomic E-state index is -0.134. The third-order valence-electron chi connectivity index (χ3n) is 3.67. The van der Waals surface area contributed by atoms with Gasteiger partial charge in [-0.1, -0.05) is 48.2 Å². The highest BCUT2D eigenvalue weighted by molar-refractivity contribution is 8.26. The Labute approximate surface area is 159 Å². The van der Waals surface area contributed by atoms with Crippen molar-refractivity contribution in [3.63, 3.8) is 0 Å². The molecule has 0 bridgehead atoms. The summed E-state index contributed by atoms with van der Waals surface area (Å²) in [5.41, 5.74) is 1.79. The molecule has 1 aromatic carbocycles. The van der Waals surface area contributed by atoms with Crippen LogP contribution in [-0.2, 0) is 9.59 Å². The smallest absolute Gasteiger partial charge is 0.266 e. The number of aryl methyl sites for hydroxylation is 1. The molecule has 1 N–H and O–H groups in total. The molecule has 0 aliphatic carbocycles. The van der Waals surface area contributed by atoms with Gasteiger partial charge in [0.1, 0.15) is 4.32 Å². The number of carbonyl (C=O) groups excluding carboxylic acids is 2. The highest BCUT2D eigenvalue weighted by atomic mass is 32.2. The molecule has 3 rings (SSSR count). The lowest BCUT2D eigenvalue weighted by atomic mass is 10.2. The summed E-state index contributed by atoms with van der Waals surface area (Å²) in [5.74, 6) is -0.266. The number of para-hydroxylation sites is 1. The second-order valence-electron chi connectivity index (χ2n) is 5.46. The average molecular weight is 389 g/mol. The number of thiophene rings is 1. The summed E-state index contributed by atoms with van der Waals surface area (Å²) in [7, 11) is 0. The Hall–Kier alpha value is -1.96. The van der Waals surface area contributed by atoms with E-state index in [1.807, 2.05) is 54.8 Å². The first-order valence-electron chi connectivity index (χ1n) is 7.69. The molecule has 25 heavy (non-hydrogen) atoms. The predicted octanol–water partition coefficient (Wildman–Crippen LogP) is 4.29. The van der Waals surface area contributed by atoms with E-state index in [4.69, 9.17) is 12.2 Å². The van der Waals surface area contributed by atoms with E-state index in [0.29, 0.717) is 9.23 Å². The van der Waals surface area contributed by atoms with Crippen molar-refractivity contribution in [2.24, 2.45) is 0 Å². The number of hydrogen-bond acceptors (Lipinski definition) is 5. The number of hydrogen-bond donors (Lipinski definition) is 1. The molecule has 0 unspecified atom stereocenters. The van der Waals surface area contributed by atoms with Gasteiger partial charge in [0.15, 0.2) is 0 Å². The zero-order valence-corrected chi connectivity index (χ0v) is 16.0. The number of benzene rings is 1. The molecule has 2 heterocycles. The third kappa shape index (κ3) is 4.36. The van der Waals surface area contributed by atoms with Gasteiger partial charge < -0.3 is 5.32 Å². The number of nitrogens with one attached hydrogen (secondary N) is 1. The molecule has 0 spiro atoms. The highest BCUT2D eigenvalue weighted by Crippen LogP contribution is 2.33. The lowest BCUT2D eigenvalue weighted by Crippen LogP contribution is -2.31. The molecule has 2 amide bonds. The van der Waals surface area contributed by atoms with Crippen molar-refractivity contribution in [2.75, 3.05) is 11.9 Å². The lowest BCUT2D eigenvalue weighted by molar-refractivity contribution is -0.122. The number of nitrogens with zero attached hydrogens (tertiary/aromatic N) is 1. The molecular weight excluding hydrogens is 372 g/mol. The van der Waals surface area contributed by atoms with Gasteiger partial charge in [0, 0.05) is 23.5 Å². The molecule has 1 fully saturated rings. The SMILES string of the molecule is Cc1ccccc1NC(=O)CCN1C(=O)C(=Cc2cccs2)SC1=S. The van der Waals surface area contributed by atoms with E-state index >= 15 is 0 Å². The van der Waals surface area contributed by atoms with Crippen LogP contribution in [0.25, 0.3) is 6.08 Å². The highest BCUT2D eigenvalue weighted by Gasteiger charge is 2.32. The van der Waals surface area contributed by atoms with Gasteiger partial charge in [-0.2, -0.15) is 0 Å². The van der Waals surface area contributed by atoms with E-state index < -0.39 is 0 Å². The normalized spacial score (nSPS) is 15.9. The van der Waals surface area contributed by atoms with Gasteiger partial charge in [0.25, 0.3) is 5.91 Å². The minimum absolute atomic E-state index is 0.132. The number of anilines is 1. The first-order valence-corrected chi connectivity index (χ1v) is 9.79. The molecule has 1 saturated heterocycles. The zero-order chi connectivity index (χ0) is 17.8. The fraction of sp³-hybridized carbons (Fsp3) is 0.167. The van der Waals surface area contributed by atoms with Crippen molar-refractivity contribution in [2.45, 2.75) is 13.3 Å². The number of rotatable bonds is 5. The van der Waals surface area contributed by atoms with E-state index in [2.05, 4.69) is 5.32 Å². The summed E-state index contributed by atoms with van der Waals surface area (Å²) >= 11 is 8.14. The van der Waals surface area contributed by atoms with Gasteiger partial charge in [-0.25, -0.2) is 0 Å². The predicted molar refractivity (Wildman–Crippen MR) is 109 cm³/mol. The maximum Gasteiger partial charge on any atom is 0.266 e. The Morgan fingerprint density at radius 3 is 2.80 bits per heavy atom. The first kappa shape index (κ1) is 17.8. The second kappa shape index (κ2) is 7.95. The molecule has 128 valence electrons.